The maximum absolute atomic E-state index is 13.2. The number of likely N-dealkylation sites (tertiary alicyclic amines) is 1. The molecule has 0 aromatic heterocycles. The monoisotopic (exact) mass is 400 g/mol. The van der Waals surface area contributed by atoms with E-state index in [4.69, 9.17) is 9.47 Å². The number of amides is 2. The Balaban J connectivity index is 1.88. The zero-order valence-electron chi connectivity index (χ0n) is 17.8. The normalized spacial score (nSPS) is 17.7. The Kier molecular flexibility index (Phi) is 7.31. The molecule has 6 heteroatoms. The molecule has 3 rings (SSSR count). The number of rotatable bonds is 9. The molecule has 2 heterocycles. The molecule has 0 N–H and O–H groups in total. The molecule has 1 saturated heterocycles. The lowest BCUT2D eigenvalue weighted by Gasteiger charge is -2.29. The summed E-state index contributed by atoms with van der Waals surface area (Å²) in [5, 5.41) is 0. The van der Waals surface area contributed by atoms with Gasteiger partial charge in [0, 0.05) is 33.4 Å². The molecule has 1 fully saturated rings. The zero-order valence-corrected chi connectivity index (χ0v) is 17.8. The van der Waals surface area contributed by atoms with Crippen LogP contribution in [0, 0.1) is 5.92 Å². The van der Waals surface area contributed by atoms with Crippen LogP contribution < -0.4 is 4.74 Å². The molecule has 0 atom stereocenters. The number of nitrogens with zero attached hydrogens (tertiary/aromatic N) is 2. The van der Waals surface area contributed by atoms with Crippen LogP contribution in [0.25, 0.3) is 5.57 Å². The van der Waals surface area contributed by atoms with E-state index >= 15 is 0 Å². The van der Waals surface area contributed by atoms with Crippen LogP contribution in [0.3, 0.4) is 0 Å². The third-order valence-electron chi connectivity index (χ3n) is 5.27. The van der Waals surface area contributed by atoms with E-state index in [0.717, 1.165) is 37.2 Å². The van der Waals surface area contributed by atoms with E-state index in [0.29, 0.717) is 43.4 Å². The number of carbonyl (C=O) groups is 2. The SMILES string of the molecule is COCCCN1C(=O)C(c2ccc(OCC(C)C)cc2)=C(N2CCCCC2)C1=O. The standard InChI is InChI=1S/C23H32N2O4/c1-17(2)16-29-19-10-8-18(9-11-19)20-21(24-12-5-4-6-13-24)23(27)25(22(20)26)14-7-15-28-3/h8-11,17H,4-7,12-16H2,1-3H3. The highest BCUT2D eigenvalue weighted by molar-refractivity contribution is 6.35. The fraction of sp³-hybridized carbons (Fsp3) is 0.565. The van der Waals surface area contributed by atoms with Crippen LogP contribution in [-0.2, 0) is 14.3 Å². The summed E-state index contributed by atoms with van der Waals surface area (Å²) in [5.41, 5.74) is 1.85. The van der Waals surface area contributed by atoms with Gasteiger partial charge < -0.3 is 14.4 Å². The van der Waals surface area contributed by atoms with Gasteiger partial charge in [-0.3, -0.25) is 14.5 Å². The summed E-state index contributed by atoms with van der Waals surface area (Å²) < 4.78 is 10.9. The first kappa shape index (κ1) is 21.4. The fourth-order valence-corrected chi connectivity index (χ4v) is 3.79. The van der Waals surface area contributed by atoms with Crippen molar-refractivity contribution >= 4 is 17.4 Å². The molecule has 0 saturated carbocycles. The highest BCUT2D eigenvalue weighted by atomic mass is 16.5. The van der Waals surface area contributed by atoms with Gasteiger partial charge in [-0.2, -0.15) is 0 Å². The van der Waals surface area contributed by atoms with Crippen molar-refractivity contribution in [2.45, 2.75) is 39.5 Å². The van der Waals surface area contributed by atoms with Crippen LogP contribution in [0.1, 0.15) is 45.1 Å². The number of benzene rings is 1. The van der Waals surface area contributed by atoms with Gasteiger partial charge in [0.15, 0.2) is 0 Å². The second-order valence-electron chi connectivity index (χ2n) is 8.11. The Morgan fingerprint density at radius 1 is 1.00 bits per heavy atom. The predicted octanol–water partition coefficient (Wildman–Crippen LogP) is 3.32. The van der Waals surface area contributed by atoms with E-state index in [1.165, 1.54) is 11.3 Å². The van der Waals surface area contributed by atoms with Crippen LogP contribution in [0.15, 0.2) is 30.0 Å². The van der Waals surface area contributed by atoms with E-state index in [1.807, 2.05) is 24.3 Å². The largest absolute Gasteiger partial charge is 0.493 e. The van der Waals surface area contributed by atoms with Gasteiger partial charge in [-0.05, 0) is 49.3 Å². The van der Waals surface area contributed by atoms with E-state index in [9.17, 15) is 9.59 Å². The average molecular weight is 401 g/mol. The molecule has 0 aliphatic carbocycles. The Morgan fingerprint density at radius 2 is 1.69 bits per heavy atom. The number of hydrogen-bond donors (Lipinski definition) is 0. The summed E-state index contributed by atoms with van der Waals surface area (Å²) in [6.07, 6.45) is 3.89. The van der Waals surface area contributed by atoms with Gasteiger partial charge in [-0.15, -0.1) is 0 Å². The molecule has 0 radical (unpaired) electrons. The number of ether oxygens (including phenoxy) is 2. The summed E-state index contributed by atoms with van der Waals surface area (Å²) in [6, 6.07) is 7.53. The third kappa shape index (κ3) is 4.99. The lowest BCUT2D eigenvalue weighted by atomic mass is 10.0. The molecule has 2 amide bonds. The Bertz CT molecular complexity index is 749. The Labute approximate surface area is 173 Å². The summed E-state index contributed by atoms with van der Waals surface area (Å²) in [4.78, 5) is 29.9. The molecule has 29 heavy (non-hydrogen) atoms. The van der Waals surface area contributed by atoms with Crippen molar-refractivity contribution in [1.82, 2.24) is 9.80 Å². The van der Waals surface area contributed by atoms with Crippen LogP contribution in [-0.4, -0.2) is 61.6 Å². The minimum atomic E-state index is -0.206. The molecule has 6 nitrogen and oxygen atoms in total. The molecule has 0 spiro atoms. The van der Waals surface area contributed by atoms with Crippen LogP contribution >= 0.6 is 0 Å². The van der Waals surface area contributed by atoms with Crippen molar-refractivity contribution in [2.75, 3.05) is 40.0 Å². The quantitative estimate of drug-likeness (QED) is 0.470. The topological polar surface area (TPSA) is 59.1 Å². The molecular formula is C23H32N2O4. The van der Waals surface area contributed by atoms with Crippen molar-refractivity contribution < 1.29 is 19.1 Å². The number of imide groups is 1. The van der Waals surface area contributed by atoms with E-state index in [-0.39, 0.29) is 11.8 Å². The second kappa shape index (κ2) is 9.92. The first-order valence-corrected chi connectivity index (χ1v) is 10.6. The van der Waals surface area contributed by atoms with Gasteiger partial charge >= 0.3 is 0 Å². The van der Waals surface area contributed by atoms with Crippen molar-refractivity contribution in [2.24, 2.45) is 5.92 Å². The number of carbonyl (C=O) groups excluding carboxylic acids is 2. The minimum Gasteiger partial charge on any atom is -0.493 e. The van der Waals surface area contributed by atoms with Gasteiger partial charge in [-0.1, -0.05) is 26.0 Å². The highest BCUT2D eigenvalue weighted by Crippen LogP contribution is 2.33. The predicted molar refractivity (Wildman–Crippen MR) is 112 cm³/mol. The maximum Gasteiger partial charge on any atom is 0.277 e. The molecule has 1 aromatic carbocycles. The molecule has 2 aliphatic rings. The van der Waals surface area contributed by atoms with Gasteiger partial charge in [0.2, 0.25) is 0 Å². The van der Waals surface area contributed by atoms with Gasteiger partial charge in [-0.25, -0.2) is 0 Å². The smallest absolute Gasteiger partial charge is 0.277 e. The van der Waals surface area contributed by atoms with E-state index < -0.39 is 0 Å². The molecule has 158 valence electrons. The van der Waals surface area contributed by atoms with Crippen LogP contribution in [0.2, 0.25) is 0 Å². The Hall–Kier alpha value is -2.34. The summed E-state index contributed by atoms with van der Waals surface area (Å²) >= 11 is 0. The lowest BCUT2D eigenvalue weighted by molar-refractivity contribution is -0.137. The molecule has 0 unspecified atom stereocenters. The molecule has 0 bridgehead atoms. The third-order valence-corrected chi connectivity index (χ3v) is 5.27. The van der Waals surface area contributed by atoms with Crippen molar-refractivity contribution in [3.05, 3.63) is 35.5 Å². The first-order chi connectivity index (χ1) is 14.0. The first-order valence-electron chi connectivity index (χ1n) is 10.6. The van der Waals surface area contributed by atoms with Crippen molar-refractivity contribution in [3.63, 3.8) is 0 Å². The van der Waals surface area contributed by atoms with Gasteiger partial charge in [0.25, 0.3) is 11.8 Å². The van der Waals surface area contributed by atoms with Crippen molar-refractivity contribution in [3.8, 4) is 5.75 Å². The summed E-state index contributed by atoms with van der Waals surface area (Å²) in [6.45, 7) is 7.38. The van der Waals surface area contributed by atoms with Crippen LogP contribution in [0.5, 0.6) is 5.75 Å². The van der Waals surface area contributed by atoms with E-state index in [1.54, 1.807) is 7.11 Å². The zero-order chi connectivity index (χ0) is 20.8. The molecular weight excluding hydrogens is 368 g/mol. The number of hydrogen-bond acceptors (Lipinski definition) is 5. The summed E-state index contributed by atoms with van der Waals surface area (Å²) in [7, 11) is 1.62. The highest BCUT2D eigenvalue weighted by Gasteiger charge is 2.41. The second-order valence-corrected chi connectivity index (χ2v) is 8.11. The number of methoxy groups -OCH3 is 1. The molecule has 1 aromatic rings. The van der Waals surface area contributed by atoms with Crippen LogP contribution in [0.4, 0.5) is 0 Å². The van der Waals surface area contributed by atoms with Gasteiger partial charge in [0.1, 0.15) is 11.4 Å². The van der Waals surface area contributed by atoms with E-state index in [2.05, 4.69) is 18.7 Å². The average Bonchev–Trinajstić information content (AvgIpc) is 2.98. The Morgan fingerprint density at radius 3 is 2.31 bits per heavy atom. The molecule has 2 aliphatic heterocycles. The maximum atomic E-state index is 13.2. The van der Waals surface area contributed by atoms with Gasteiger partial charge in [0.05, 0.1) is 12.2 Å². The summed E-state index contributed by atoms with van der Waals surface area (Å²) in [5.74, 6) is 0.833. The lowest BCUT2D eigenvalue weighted by Crippen LogP contribution is -2.37. The van der Waals surface area contributed by atoms with Crippen molar-refractivity contribution in [1.29, 1.82) is 0 Å². The minimum absolute atomic E-state index is 0.178. The number of piperidine rings is 1. The fourth-order valence-electron chi connectivity index (χ4n) is 3.79.